The summed E-state index contributed by atoms with van der Waals surface area (Å²) < 4.78 is 5.52. The highest BCUT2D eigenvalue weighted by atomic mass is 32.1. The fourth-order valence-electron chi connectivity index (χ4n) is 2.18. The first-order chi connectivity index (χ1) is 11.8. The molecule has 0 saturated carbocycles. The van der Waals surface area contributed by atoms with Gasteiger partial charge in [-0.1, -0.05) is 60.7 Å². The second-order valence-corrected chi connectivity index (χ2v) is 6.10. The summed E-state index contributed by atoms with van der Waals surface area (Å²) >= 11 is 1.42. The van der Waals surface area contributed by atoms with Gasteiger partial charge in [0.1, 0.15) is 0 Å². The molecule has 1 amide bonds. The minimum Gasteiger partial charge on any atom is -0.376 e. The number of nitrogens with zero attached hydrogens (tertiary/aromatic N) is 1. The second-order valence-electron chi connectivity index (χ2n) is 5.24. The molecule has 3 aromatic rings. The summed E-state index contributed by atoms with van der Waals surface area (Å²) in [6.45, 7) is 0.904. The number of rotatable bonds is 7. The van der Waals surface area contributed by atoms with Crippen molar-refractivity contribution >= 4 is 22.4 Å². The normalized spacial score (nSPS) is 10.5. The third-order valence-corrected chi connectivity index (χ3v) is 4.16. The molecule has 0 fully saturated rings. The van der Waals surface area contributed by atoms with Crippen LogP contribution in [0.5, 0.6) is 0 Å². The number of hydrogen-bond acceptors (Lipinski definition) is 4. The molecule has 24 heavy (non-hydrogen) atoms. The Morgan fingerprint density at radius 3 is 2.50 bits per heavy atom. The van der Waals surface area contributed by atoms with Crippen LogP contribution in [0, 0.1) is 0 Å². The minimum atomic E-state index is -0.0861. The zero-order valence-corrected chi connectivity index (χ0v) is 14.0. The predicted octanol–water partition coefficient (Wildman–Crippen LogP) is 4.36. The number of thiazole rings is 1. The Kier molecular flexibility index (Phi) is 5.71. The number of amides is 1. The molecule has 0 atom stereocenters. The van der Waals surface area contributed by atoms with Crippen molar-refractivity contribution in [3.05, 3.63) is 71.6 Å². The number of carbonyl (C=O) groups is 1. The maximum Gasteiger partial charge on any atom is 0.228 e. The van der Waals surface area contributed by atoms with Gasteiger partial charge in [0.05, 0.1) is 25.3 Å². The fraction of sp³-hybridized carbons (Fsp3) is 0.158. The Hall–Kier alpha value is -2.50. The molecule has 0 saturated heterocycles. The largest absolute Gasteiger partial charge is 0.376 e. The molecule has 0 radical (unpaired) electrons. The van der Waals surface area contributed by atoms with Gasteiger partial charge in [0.15, 0.2) is 5.13 Å². The quantitative estimate of drug-likeness (QED) is 0.651. The van der Waals surface area contributed by atoms with Crippen LogP contribution in [0.1, 0.15) is 12.0 Å². The highest BCUT2D eigenvalue weighted by molar-refractivity contribution is 7.14. The minimum absolute atomic E-state index is 0.0861. The Bertz CT molecular complexity index is 772. The number of ether oxygens (including phenoxy) is 1. The summed E-state index contributed by atoms with van der Waals surface area (Å²) in [5.74, 6) is -0.0861. The third kappa shape index (κ3) is 4.75. The maximum absolute atomic E-state index is 11.9. The van der Waals surface area contributed by atoms with Crippen molar-refractivity contribution < 1.29 is 9.53 Å². The molecule has 2 aromatic carbocycles. The molecule has 0 unspecified atom stereocenters. The summed E-state index contributed by atoms with van der Waals surface area (Å²) in [5.41, 5.74) is 3.02. The van der Waals surface area contributed by atoms with E-state index < -0.39 is 0 Å². The third-order valence-electron chi connectivity index (χ3n) is 3.41. The van der Waals surface area contributed by atoms with E-state index in [1.54, 1.807) is 0 Å². The lowest BCUT2D eigenvalue weighted by Gasteiger charge is -2.04. The summed E-state index contributed by atoms with van der Waals surface area (Å²) in [6, 6.07) is 19.8. The van der Waals surface area contributed by atoms with Gasteiger partial charge >= 0.3 is 0 Å². The number of benzene rings is 2. The monoisotopic (exact) mass is 338 g/mol. The molecular formula is C19H18N2O2S. The van der Waals surface area contributed by atoms with Gasteiger partial charge in [0.25, 0.3) is 0 Å². The van der Waals surface area contributed by atoms with Crippen molar-refractivity contribution in [2.75, 3.05) is 11.9 Å². The van der Waals surface area contributed by atoms with E-state index in [1.807, 2.05) is 66.0 Å². The lowest BCUT2D eigenvalue weighted by Crippen LogP contribution is -2.14. The summed E-state index contributed by atoms with van der Waals surface area (Å²) in [4.78, 5) is 16.4. The summed E-state index contributed by atoms with van der Waals surface area (Å²) in [5, 5.41) is 5.37. The SMILES string of the molecule is O=C(CCOCc1ccccc1)Nc1nc(-c2ccccc2)cs1. The van der Waals surface area contributed by atoms with Gasteiger partial charge in [-0.05, 0) is 5.56 Å². The van der Waals surface area contributed by atoms with Crippen LogP contribution in [0.4, 0.5) is 5.13 Å². The van der Waals surface area contributed by atoms with Crippen LogP contribution in [-0.2, 0) is 16.1 Å². The number of anilines is 1. The lowest BCUT2D eigenvalue weighted by molar-refractivity contribution is -0.117. The van der Waals surface area contributed by atoms with Gasteiger partial charge < -0.3 is 10.1 Å². The lowest BCUT2D eigenvalue weighted by atomic mass is 10.2. The highest BCUT2D eigenvalue weighted by Crippen LogP contribution is 2.24. The van der Waals surface area contributed by atoms with Crippen LogP contribution >= 0.6 is 11.3 Å². The van der Waals surface area contributed by atoms with Gasteiger partial charge in [-0.15, -0.1) is 11.3 Å². The summed E-state index contributed by atoms with van der Waals surface area (Å²) in [7, 11) is 0. The van der Waals surface area contributed by atoms with Crippen molar-refractivity contribution in [1.82, 2.24) is 4.98 Å². The first-order valence-corrected chi connectivity index (χ1v) is 8.62. The van der Waals surface area contributed by atoms with E-state index >= 15 is 0 Å². The van der Waals surface area contributed by atoms with Crippen molar-refractivity contribution in [2.45, 2.75) is 13.0 Å². The Morgan fingerprint density at radius 1 is 1.04 bits per heavy atom. The summed E-state index contributed by atoms with van der Waals surface area (Å²) in [6.07, 6.45) is 0.313. The first-order valence-electron chi connectivity index (χ1n) is 7.74. The van der Waals surface area contributed by atoms with Crippen LogP contribution in [0.3, 0.4) is 0 Å². The van der Waals surface area contributed by atoms with Crippen LogP contribution in [-0.4, -0.2) is 17.5 Å². The molecule has 3 rings (SSSR count). The average Bonchev–Trinajstić information content (AvgIpc) is 3.09. The maximum atomic E-state index is 11.9. The number of carbonyl (C=O) groups excluding carboxylic acids is 1. The van der Waals surface area contributed by atoms with Crippen molar-refractivity contribution in [3.63, 3.8) is 0 Å². The Balaban J connectivity index is 1.43. The van der Waals surface area contributed by atoms with Crippen LogP contribution in [0.25, 0.3) is 11.3 Å². The molecule has 122 valence electrons. The van der Waals surface area contributed by atoms with Crippen LogP contribution in [0.2, 0.25) is 0 Å². The van der Waals surface area contributed by atoms with Crippen molar-refractivity contribution in [2.24, 2.45) is 0 Å². The van der Waals surface area contributed by atoms with E-state index in [0.717, 1.165) is 16.8 Å². The molecule has 0 bridgehead atoms. The average molecular weight is 338 g/mol. The fourth-order valence-corrected chi connectivity index (χ4v) is 2.92. The zero-order chi connectivity index (χ0) is 16.6. The standard InChI is InChI=1S/C19H18N2O2S/c22-18(11-12-23-13-15-7-3-1-4-8-15)21-19-20-17(14-24-19)16-9-5-2-6-10-16/h1-10,14H,11-13H2,(H,20,21,22). The zero-order valence-electron chi connectivity index (χ0n) is 13.1. The van der Waals surface area contributed by atoms with Crippen molar-refractivity contribution in [1.29, 1.82) is 0 Å². The topological polar surface area (TPSA) is 51.2 Å². The van der Waals surface area contributed by atoms with Crippen LogP contribution in [0.15, 0.2) is 66.0 Å². The second kappa shape index (κ2) is 8.38. The molecule has 0 spiro atoms. The molecule has 1 heterocycles. The molecule has 4 nitrogen and oxygen atoms in total. The number of aromatic nitrogens is 1. The van der Waals surface area contributed by atoms with Crippen LogP contribution < -0.4 is 5.32 Å². The van der Waals surface area contributed by atoms with Crippen molar-refractivity contribution in [3.8, 4) is 11.3 Å². The van der Waals surface area contributed by atoms with E-state index in [-0.39, 0.29) is 5.91 Å². The molecule has 5 heteroatoms. The van der Waals surface area contributed by atoms with E-state index in [2.05, 4.69) is 10.3 Å². The van der Waals surface area contributed by atoms with Gasteiger partial charge in [0, 0.05) is 10.9 Å². The highest BCUT2D eigenvalue weighted by Gasteiger charge is 2.08. The predicted molar refractivity (Wildman–Crippen MR) is 96.9 cm³/mol. The molecule has 0 aliphatic carbocycles. The number of hydrogen-bond donors (Lipinski definition) is 1. The van der Waals surface area contributed by atoms with E-state index in [0.29, 0.717) is 24.8 Å². The van der Waals surface area contributed by atoms with Gasteiger partial charge in [0.2, 0.25) is 5.91 Å². The molecule has 0 aliphatic rings. The number of nitrogens with one attached hydrogen (secondary N) is 1. The van der Waals surface area contributed by atoms with Gasteiger partial charge in [-0.25, -0.2) is 4.98 Å². The van der Waals surface area contributed by atoms with E-state index in [9.17, 15) is 4.79 Å². The Labute approximate surface area is 145 Å². The first kappa shape index (κ1) is 16.4. The van der Waals surface area contributed by atoms with E-state index in [1.165, 1.54) is 11.3 Å². The smallest absolute Gasteiger partial charge is 0.228 e. The molecule has 0 aliphatic heterocycles. The van der Waals surface area contributed by atoms with E-state index in [4.69, 9.17) is 4.74 Å². The Morgan fingerprint density at radius 2 is 1.75 bits per heavy atom. The van der Waals surface area contributed by atoms with Gasteiger partial charge in [-0.3, -0.25) is 4.79 Å². The molecule has 1 aromatic heterocycles. The van der Waals surface area contributed by atoms with Gasteiger partial charge in [-0.2, -0.15) is 0 Å². The molecule has 1 N–H and O–H groups in total. The molecular weight excluding hydrogens is 320 g/mol.